The number of carbonyl (C=O) groups excluding carboxylic acids is 2. The average molecular weight is 1160 g/mol. The van der Waals surface area contributed by atoms with Crippen LogP contribution in [-0.2, 0) is 87.3 Å². The number of carbonyl (C=O) groups is 2. The fraction of sp³-hybridized carbons (Fsp3) is 0.536. The Bertz CT molecular complexity index is 2490. The molecule has 13 nitrogen and oxygen atoms in total. The van der Waals surface area contributed by atoms with Gasteiger partial charge >= 0.3 is 19.8 Å². The molecule has 2 aliphatic rings. The number of benzene rings is 5. The Labute approximate surface area is 495 Å². The Morgan fingerprint density at radius 2 is 0.843 bits per heavy atom. The number of ether oxygens (including phenoxy) is 7. The number of phosphoric acid groups is 1. The molecule has 5 aromatic carbocycles. The summed E-state index contributed by atoms with van der Waals surface area (Å²) in [5.41, 5.74) is 4.10. The first-order valence-corrected chi connectivity index (χ1v) is 32.6. The molecular formula is C69H93O13P. The second-order valence-electron chi connectivity index (χ2n) is 22.2. The second kappa shape index (κ2) is 38.1. The molecule has 2 heterocycles. The van der Waals surface area contributed by atoms with Gasteiger partial charge in [-0.15, -0.1) is 0 Å². The zero-order chi connectivity index (χ0) is 58.0. The summed E-state index contributed by atoms with van der Waals surface area (Å²) >= 11 is 0. The lowest BCUT2D eigenvalue weighted by Gasteiger charge is -2.48. The molecule has 452 valence electrons. The van der Waals surface area contributed by atoms with Gasteiger partial charge in [0.2, 0.25) is 6.29 Å². The van der Waals surface area contributed by atoms with Crippen molar-refractivity contribution in [2.24, 2.45) is 0 Å². The molecule has 1 unspecified atom stereocenters. The van der Waals surface area contributed by atoms with Gasteiger partial charge in [-0.1, -0.05) is 281 Å². The molecule has 0 saturated carbocycles. The number of hydrogen-bond acceptors (Lipinski definition) is 13. The summed E-state index contributed by atoms with van der Waals surface area (Å²) in [6, 6.07) is 47.7. The van der Waals surface area contributed by atoms with E-state index in [0.29, 0.717) is 37.2 Å². The highest BCUT2D eigenvalue weighted by Crippen LogP contribution is 2.54. The van der Waals surface area contributed by atoms with E-state index in [-0.39, 0.29) is 32.7 Å². The van der Waals surface area contributed by atoms with Crippen molar-refractivity contribution in [1.82, 2.24) is 0 Å². The Hall–Kier alpha value is -5.05. The van der Waals surface area contributed by atoms with Crippen LogP contribution in [-0.4, -0.2) is 61.5 Å². The van der Waals surface area contributed by atoms with E-state index in [4.69, 9.17) is 46.7 Å². The number of unbranched alkanes of at least 4 members (excludes halogenated alkanes) is 16. The van der Waals surface area contributed by atoms with Crippen LogP contribution in [0.3, 0.4) is 0 Å². The van der Waals surface area contributed by atoms with Crippen LogP contribution in [0, 0.1) is 0 Å². The van der Waals surface area contributed by atoms with Crippen LogP contribution < -0.4 is 0 Å². The van der Waals surface area contributed by atoms with Gasteiger partial charge in [-0.2, -0.15) is 0 Å². The van der Waals surface area contributed by atoms with Gasteiger partial charge in [0, 0.05) is 5.56 Å². The maximum absolute atomic E-state index is 15.3. The molecule has 0 N–H and O–H groups in total. The Kier molecular flexibility index (Phi) is 30.1. The standard InChI is InChI=1S/C69H93O13P/c1-3-5-7-9-11-13-15-17-34-46-60(73-50-55-36-24-19-25-37-55)48-63(70)79-66-65-62(54-75-68(81-65)59-44-32-23-33-45-59)78-69(82-83(72,76-52-57-40-28-21-29-41-57)77-53-58-42-30-22-31-43-58)67(66)80-64(71)49-61(74-51-56-38-26-20-27-39-56)47-35-18-16-14-12-10-8-6-4-2/h19-33,36-45,60-62,65-69H,3-18,34-35,46-54H2,1-2H3/t60-,61-,62-,65-,66+,67-,68?,69-/m1/s1. The van der Waals surface area contributed by atoms with Crippen LogP contribution in [0.2, 0.25) is 0 Å². The van der Waals surface area contributed by atoms with Gasteiger partial charge in [0.05, 0.1) is 58.1 Å². The monoisotopic (exact) mass is 1160 g/mol. The van der Waals surface area contributed by atoms with E-state index in [1.165, 1.54) is 70.6 Å². The fourth-order valence-electron chi connectivity index (χ4n) is 10.6. The third kappa shape index (κ3) is 24.5. The van der Waals surface area contributed by atoms with Gasteiger partial charge in [0.25, 0.3) is 0 Å². The Balaban J connectivity index is 1.17. The second-order valence-corrected chi connectivity index (χ2v) is 23.8. The molecule has 14 heteroatoms. The van der Waals surface area contributed by atoms with Crippen molar-refractivity contribution in [3.05, 3.63) is 179 Å². The quantitative estimate of drug-likeness (QED) is 0.0208. The van der Waals surface area contributed by atoms with Crippen molar-refractivity contribution in [3.63, 3.8) is 0 Å². The van der Waals surface area contributed by atoms with Crippen LogP contribution in [0.5, 0.6) is 0 Å². The zero-order valence-corrected chi connectivity index (χ0v) is 50.3. The third-order valence-electron chi connectivity index (χ3n) is 15.3. The molecule has 0 aromatic heterocycles. The molecule has 83 heavy (non-hydrogen) atoms. The number of hydrogen-bond donors (Lipinski definition) is 0. The normalized spacial score (nSPS) is 19.6. The highest BCUT2D eigenvalue weighted by atomic mass is 31.2. The summed E-state index contributed by atoms with van der Waals surface area (Å²) < 4.78 is 80.1. The summed E-state index contributed by atoms with van der Waals surface area (Å²) in [6.45, 7) is 4.72. The minimum absolute atomic E-state index is 0.0472. The van der Waals surface area contributed by atoms with Gasteiger partial charge < -0.3 is 33.2 Å². The molecule has 0 bridgehead atoms. The molecule has 2 saturated heterocycles. The highest BCUT2D eigenvalue weighted by molar-refractivity contribution is 7.48. The first-order chi connectivity index (χ1) is 40.8. The minimum atomic E-state index is -4.64. The van der Waals surface area contributed by atoms with Gasteiger partial charge in [-0.05, 0) is 35.1 Å². The lowest BCUT2D eigenvalue weighted by Crippen LogP contribution is -2.64. The van der Waals surface area contributed by atoms with Crippen molar-refractivity contribution >= 4 is 19.8 Å². The van der Waals surface area contributed by atoms with E-state index in [9.17, 15) is 9.59 Å². The SMILES string of the molecule is CCCCCCCCCCC[C@H](CC(=O)O[C@@H]1[C@@H](OC(=O)C[C@@H](CCCCCCCCCCC)OCc2ccccc2)[C@@H](OP(=O)(OCc2ccccc2)OCc2ccccc2)O[C@@H]2COC(c3ccccc3)O[C@@H]12)OCc1ccccc1. The summed E-state index contributed by atoms with van der Waals surface area (Å²) in [5, 5.41) is 0. The van der Waals surface area contributed by atoms with Crippen LogP contribution in [0.1, 0.15) is 189 Å². The summed E-state index contributed by atoms with van der Waals surface area (Å²) in [4.78, 5) is 29.8. The van der Waals surface area contributed by atoms with E-state index in [1.54, 1.807) is 0 Å². The topological polar surface area (TPSA) is 144 Å². The summed E-state index contributed by atoms with van der Waals surface area (Å²) in [5.74, 6) is -1.26. The van der Waals surface area contributed by atoms with Crippen LogP contribution >= 0.6 is 7.82 Å². The predicted octanol–water partition coefficient (Wildman–Crippen LogP) is 17.0. The smallest absolute Gasteiger partial charge is 0.455 e. The predicted molar refractivity (Wildman–Crippen MR) is 323 cm³/mol. The van der Waals surface area contributed by atoms with Crippen LogP contribution in [0.4, 0.5) is 0 Å². The number of phosphoric ester groups is 1. The summed E-state index contributed by atoms with van der Waals surface area (Å²) in [7, 11) is -4.64. The first kappa shape index (κ1) is 65.5. The average Bonchev–Trinajstić information content (AvgIpc) is 3.52. The molecule has 2 fully saturated rings. The molecule has 7 rings (SSSR count). The van der Waals surface area contributed by atoms with Crippen molar-refractivity contribution in [2.45, 2.75) is 231 Å². The molecule has 5 aromatic rings. The maximum Gasteiger partial charge on any atom is 0.477 e. The molecule has 2 aliphatic heterocycles. The Morgan fingerprint density at radius 3 is 1.27 bits per heavy atom. The third-order valence-corrected chi connectivity index (χ3v) is 16.6. The molecule has 0 aliphatic carbocycles. The first-order valence-electron chi connectivity index (χ1n) is 31.1. The van der Waals surface area contributed by atoms with Crippen molar-refractivity contribution in [3.8, 4) is 0 Å². The molecule has 8 atom stereocenters. The van der Waals surface area contributed by atoms with Crippen molar-refractivity contribution in [2.75, 3.05) is 6.61 Å². The van der Waals surface area contributed by atoms with Crippen molar-refractivity contribution in [1.29, 1.82) is 0 Å². The van der Waals surface area contributed by atoms with Crippen LogP contribution in [0.15, 0.2) is 152 Å². The zero-order valence-electron chi connectivity index (χ0n) is 49.4. The van der Waals surface area contributed by atoms with Crippen LogP contribution in [0.25, 0.3) is 0 Å². The number of esters is 2. The van der Waals surface area contributed by atoms with E-state index >= 15 is 4.57 Å². The molecule has 0 radical (unpaired) electrons. The van der Waals surface area contributed by atoms with Gasteiger partial charge in [-0.3, -0.25) is 23.2 Å². The minimum Gasteiger partial charge on any atom is -0.455 e. The Morgan fingerprint density at radius 1 is 0.470 bits per heavy atom. The highest BCUT2D eigenvalue weighted by Gasteiger charge is 2.56. The lowest BCUT2D eigenvalue weighted by molar-refractivity contribution is -0.353. The van der Waals surface area contributed by atoms with Crippen molar-refractivity contribution < 1.29 is 60.9 Å². The molecule has 0 spiro atoms. The van der Waals surface area contributed by atoms with E-state index < -0.39 is 69.0 Å². The van der Waals surface area contributed by atoms with E-state index in [2.05, 4.69) is 13.8 Å². The fourth-order valence-corrected chi connectivity index (χ4v) is 11.8. The van der Waals surface area contributed by atoms with Gasteiger partial charge in [0.15, 0.2) is 18.5 Å². The van der Waals surface area contributed by atoms with E-state index in [1.807, 2.05) is 152 Å². The molecular weight excluding hydrogens is 1070 g/mol. The largest absolute Gasteiger partial charge is 0.477 e. The summed E-state index contributed by atoms with van der Waals surface area (Å²) in [6.07, 6.45) is 13.2. The van der Waals surface area contributed by atoms with Gasteiger partial charge in [0.1, 0.15) is 12.2 Å². The molecule has 0 amide bonds. The lowest BCUT2D eigenvalue weighted by atomic mass is 9.97. The van der Waals surface area contributed by atoms with Gasteiger partial charge in [-0.25, -0.2) is 4.57 Å². The van der Waals surface area contributed by atoms with E-state index in [0.717, 1.165) is 61.6 Å². The number of rotatable bonds is 41. The maximum atomic E-state index is 15.3. The number of fused-ring (bicyclic) bond motifs is 1.